The summed E-state index contributed by atoms with van der Waals surface area (Å²) in [7, 11) is -3.04. The van der Waals surface area contributed by atoms with Gasteiger partial charge in [0.2, 0.25) is 11.8 Å². The van der Waals surface area contributed by atoms with Crippen LogP contribution >= 0.6 is 11.6 Å². The lowest BCUT2D eigenvalue weighted by atomic mass is 10.1. The molecule has 26 heavy (non-hydrogen) atoms. The number of carbonyl (C=O) groups excluding carboxylic acids is 2. The van der Waals surface area contributed by atoms with Crippen LogP contribution in [0, 0.1) is 11.8 Å². The molecule has 2 aliphatic rings. The van der Waals surface area contributed by atoms with Crippen LogP contribution in [0.1, 0.15) is 25.3 Å². The van der Waals surface area contributed by atoms with Gasteiger partial charge in [-0.25, -0.2) is 8.42 Å². The third-order valence-electron chi connectivity index (χ3n) is 5.10. The molecule has 8 heteroatoms. The molecule has 2 fully saturated rings. The Morgan fingerprint density at radius 2 is 1.92 bits per heavy atom. The van der Waals surface area contributed by atoms with Gasteiger partial charge in [0, 0.05) is 24.2 Å². The van der Waals surface area contributed by atoms with Gasteiger partial charge in [-0.15, -0.1) is 0 Å². The molecule has 1 saturated heterocycles. The minimum Gasteiger partial charge on any atom is -0.352 e. The van der Waals surface area contributed by atoms with Gasteiger partial charge < -0.3 is 10.2 Å². The Morgan fingerprint density at radius 1 is 1.23 bits per heavy atom. The van der Waals surface area contributed by atoms with Gasteiger partial charge in [0.15, 0.2) is 9.84 Å². The monoisotopic (exact) mass is 398 g/mol. The molecule has 1 heterocycles. The number of carbonyl (C=O) groups is 2. The number of halogens is 1. The van der Waals surface area contributed by atoms with E-state index in [0.29, 0.717) is 31.0 Å². The van der Waals surface area contributed by atoms with Crippen molar-refractivity contribution in [1.29, 1.82) is 0 Å². The first-order valence-electron chi connectivity index (χ1n) is 8.84. The Morgan fingerprint density at radius 3 is 2.50 bits per heavy atom. The molecule has 3 rings (SSSR count). The number of sulfone groups is 1. The van der Waals surface area contributed by atoms with Gasteiger partial charge in [-0.1, -0.05) is 23.7 Å². The fraction of sp³-hybridized carbons (Fsp3) is 0.556. The van der Waals surface area contributed by atoms with E-state index in [1.165, 1.54) is 0 Å². The average molecular weight is 399 g/mol. The van der Waals surface area contributed by atoms with Crippen molar-refractivity contribution in [3.63, 3.8) is 0 Å². The first-order chi connectivity index (χ1) is 12.3. The van der Waals surface area contributed by atoms with E-state index in [0.717, 1.165) is 5.56 Å². The van der Waals surface area contributed by atoms with E-state index >= 15 is 0 Å². The number of nitrogens with zero attached hydrogens (tertiary/aromatic N) is 1. The highest BCUT2D eigenvalue weighted by atomic mass is 35.5. The number of hydrogen-bond acceptors (Lipinski definition) is 4. The van der Waals surface area contributed by atoms with Gasteiger partial charge in [-0.05, 0) is 37.5 Å². The second-order valence-electron chi connectivity index (χ2n) is 6.97. The molecule has 3 atom stereocenters. The van der Waals surface area contributed by atoms with Gasteiger partial charge >= 0.3 is 0 Å². The topological polar surface area (TPSA) is 83.6 Å². The summed E-state index contributed by atoms with van der Waals surface area (Å²) in [5, 5.41) is 3.50. The summed E-state index contributed by atoms with van der Waals surface area (Å²) >= 11 is 5.84. The fourth-order valence-corrected chi connectivity index (χ4v) is 5.37. The summed E-state index contributed by atoms with van der Waals surface area (Å²) in [5.74, 6) is -0.705. The SMILES string of the molecule is CCN(C(=O)C1CC1C(=O)NCc1ccc(Cl)cc1)C1CCS(=O)(=O)C1. The third-order valence-corrected chi connectivity index (χ3v) is 7.10. The molecule has 1 N–H and O–H groups in total. The van der Waals surface area contributed by atoms with Crippen molar-refractivity contribution in [2.75, 3.05) is 18.1 Å². The van der Waals surface area contributed by atoms with Crippen molar-refractivity contribution >= 4 is 33.3 Å². The van der Waals surface area contributed by atoms with Crippen molar-refractivity contribution in [3.8, 4) is 0 Å². The normalized spacial score (nSPS) is 26.3. The van der Waals surface area contributed by atoms with E-state index in [9.17, 15) is 18.0 Å². The molecule has 6 nitrogen and oxygen atoms in total. The molecule has 0 radical (unpaired) electrons. The van der Waals surface area contributed by atoms with E-state index in [2.05, 4.69) is 5.32 Å². The molecule has 1 aromatic rings. The van der Waals surface area contributed by atoms with Crippen LogP contribution in [-0.4, -0.2) is 49.2 Å². The number of hydrogen-bond donors (Lipinski definition) is 1. The van der Waals surface area contributed by atoms with E-state index in [1.54, 1.807) is 17.0 Å². The second-order valence-corrected chi connectivity index (χ2v) is 9.64. The molecule has 2 amide bonds. The Kier molecular flexibility index (Phi) is 5.58. The minimum absolute atomic E-state index is 0.0345. The quantitative estimate of drug-likeness (QED) is 0.789. The summed E-state index contributed by atoms with van der Waals surface area (Å²) in [5.41, 5.74) is 0.942. The first-order valence-corrected chi connectivity index (χ1v) is 11.0. The van der Waals surface area contributed by atoms with Gasteiger partial charge in [0.05, 0.1) is 23.3 Å². The van der Waals surface area contributed by atoms with Crippen LogP contribution in [0.15, 0.2) is 24.3 Å². The third kappa shape index (κ3) is 4.38. The van der Waals surface area contributed by atoms with Crippen LogP contribution in [-0.2, 0) is 26.0 Å². The second kappa shape index (κ2) is 7.56. The number of rotatable bonds is 6. The van der Waals surface area contributed by atoms with Crippen molar-refractivity contribution in [3.05, 3.63) is 34.9 Å². The molecule has 3 unspecified atom stereocenters. The highest BCUT2D eigenvalue weighted by Gasteiger charge is 2.50. The standard InChI is InChI=1S/C18H23ClN2O4S/c1-2-21(14-7-8-26(24,25)11-14)18(23)16-9-15(16)17(22)20-10-12-3-5-13(19)6-4-12/h3-6,14-16H,2,7-11H2,1H3,(H,20,22). The smallest absolute Gasteiger partial charge is 0.226 e. The molecular weight excluding hydrogens is 376 g/mol. The largest absolute Gasteiger partial charge is 0.352 e. The van der Waals surface area contributed by atoms with Crippen molar-refractivity contribution in [1.82, 2.24) is 10.2 Å². The van der Waals surface area contributed by atoms with Crippen LogP contribution in [0.5, 0.6) is 0 Å². The molecule has 0 spiro atoms. The minimum atomic E-state index is -3.04. The molecule has 0 aromatic heterocycles. The summed E-state index contributed by atoms with van der Waals surface area (Å²) in [6.45, 7) is 2.71. The van der Waals surface area contributed by atoms with Crippen molar-refractivity contribution in [2.24, 2.45) is 11.8 Å². The maximum Gasteiger partial charge on any atom is 0.226 e. The van der Waals surface area contributed by atoms with Crippen LogP contribution < -0.4 is 5.32 Å². The Hall–Kier alpha value is -1.60. The first kappa shape index (κ1) is 19.2. The molecule has 1 aromatic carbocycles. The fourth-order valence-electron chi connectivity index (χ4n) is 3.51. The summed E-state index contributed by atoms with van der Waals surface area (Å²) in [6, 6.07) is 6.97. The van der Waals surface area contributed by atoms with Gasteiger partial charge in [0.25, 0.3) is 0 Å². The summed E-state index contributed by atoms with van der Waals surface area (Å²) < 4.78 is 23.3. The number of benzene rings is 1. The molecule has 1 aliphatic carbocycles. The summed E-state index contributed by atoms with van der Waals surface area (Å²) in [4.78, 5) is 26.6. The van der Waals surface area contributed by atoms with Crippen molar-refractivity contribution < 1.29 is 18.0 Å². The zero-order chi connectivity index (χ0) is 18.9. The molecular formula is C18H23ClN2O4S. The molecule has 142 valence electrons. The number of amides is 2. The van der Waals surface area contributed by atoms with Gasteiger partial charge in [-0.3, -0.25) is 9.59 Å². The zero-order valence-electron chi connectivity index (χ0n) is 14.7. The molecule has 0 bridgehead atoms. The van der Waals surface area contributed by atoms with E-state index in [-0.39, 0.29) is 41.2 Å². The van der Waals surface area contributed by atoms with E-state index in [1.807, 2.05) is 19.1 Å². The maximum absolute atomic E-state index is 12.7. The predicted octanol–water partition coefficient (Wildman–Crippen LogP) is 1.63. The molecule has 1 saturated carbocycles. The Bertz CT molecular complexity index is 794. The summed E-state index contributed by atoms with van der Waals surface area (Å²) in [6.07, 6.45) is 1.02. The van der Waals surface area contributed by atoms with Crippen LogP contribution in [0.25, 0.3) is 0 Å². The van der Waals surface area contributed by atoms with Gasteiger partial charge in [0.1, 0.15) is 0 Å². The lowest BCUT2D eigenvalue weighted by Crippen LogP contribution is -2.42. The van der Waals surface area contributed by atoms with Crippen LogP contribution in [0.2, 0.25) is 5.02 Å². The highest BCUT2D eigenvalue weighted by molar-refractivity contribution is 7.91. The maximum atomic E-state index is 12.7. The lowest BCUT2D eigenvalue weighted by molar-refractivity contribution is -0.136. The van der Waals surface area contributed by atoms with E-state index < -0.39 is 9.84 Å². The van der Waals surface area contributed by atoms with Crippen LogP contribution in [0.4, 0.5) is 0 Å². The lowest BCUT2D eigenvalue weighted by Gasteiger charge is -2.27. The molecule has 1 aliphatic heterocycles. The average Bonchev–Trinajstić information content (AvgIpc) is 3.33. The Balaban J connectivity index is 1.52. The Labute approximate surface area is 158 Å². The van der Waals surface area contributed by atoms with E-state index in [4.69, 9.17) is 11.6 Å². The highest BCUT2D eigenvalue weighted by Crippen LogP contribution is 2.41. The van der Waals surface area contributed by atoms with Crippen LogP contribution in [0.3, 0.4) is 0 Å². The number of nitrogens with one attached hydrogen (secondary N) is 1. The predicted molar refractivity (Wildman–Crippen MR) is 99.3 cm³/mol. The van der Waals surface area contributed by atoms with Crippen molar-refractivity contribution in [2.45, 2.75) is 32.4 Å². The zero-order valence-corrected chi connectivity index (χ0v) is 16.2. The van der Waals surface area contributed by atoms with Gasteiger partial charge in [-0.2, -0.15) is 0 Å².